The molecule has 0 radical (unpaired) electrons. The molecule has 1 N–H and O–H groups in total. The predicted octanol–water partition coefficient (Wildman–Crippen LogP) is 3.46. The van der Waals surface area contributed by atoms with Crippen LogP contribution in [0, 0.1) is 0 Å². The van der Waals surface area contributed by atoms with Crippen LogP contribution in [0.3, 0.4) is 0 Å². The minimum absolute atomic E-state index is 0.995. The molecule has 1 rings (SSSR count). The van der Waals surface area contributed by atoms with E-state index in [1.54, 1.807) is 0 Å². The fourth-order valence-corrected chi connectivity index (χ4v) is 2.25. The van der Waals surface area contributed by atoms with Crippen molar-refractivity contribution in [2.75, 3.05) is 26.2 Å². The highest BCUT2D eigenvalue weighted by Gasteiger charge is 1.98. The molecule has 0 aliphatic carbocycles. The van der Waals surface area contributed by atoms with Gasteiger partial charge in [-0.1, -0.05) is 45.0 Å². The van der Waals surface area contributed by atoms with Crippen molar-refractivity contribution in [1.82, 2.24) is 10.2 Å². The molecule has 1 aromatic carbocycles. The second kappa shape index (κ2) is 9.99. The lowest BCUT2D eigenvalue weighted by Gasteiger charge is -2.17. The number of unbranched alkanes of at least 4 members (excludes halogenated alkanes) is 1. The molecule has 0 amide bonds. The molecule has 0 aliphatic rings. The largest absolute Gasteiger partial charge is 0.313 e. The fraction of sp³-hybridized carbons (Fsp3) is 0.647. The van der Waals surface area contributed by atoms with Crippen LogP contribution in [0.4, 0.5) is 0 Å². The minimum atomic E-state index is 0.995. The zero-order chi connectivity index (χ0) is 13.9. The first-order valence-corrected chi connectivity index (χ1v) is 7.81. The molecule has 0 atom stereocenters. The lowest BCUT2D eigenvalue weighted by molar-refractivity contribution is 0.296. The average Bonchev–Trinajstić information content (AvgIpc) is 2.47. The van der Waals surface area contributed by atoms with Crippen LogP contribution >= 0.6 is 0 Å². The van der Waals surface area contributed by atoms with Gasteiger partial charge in [-0.05, 0) is 56.6 Å². The van der Waals surface area contributed by atoms with Crippen molar-refractivity contribution in [3.63, 3.8) is 0 Å². The molecule has 0 saturated heterocycles. The number of hydrogen-bond donors (Lipinski definition) is 1. The van der Waals surface area contributed by atoms with Gasteiger partial charge >= 0.3 is 0 Å². The molecule has 0 heterocycles. The highest BCUT2D eigenvalue weighted by atomic mass is 15.1. The van der Waals surface area contributed by atoms with Crippen LogP contribution in [-0.2, 0) is 13.0 Å². The van der Waals surface area contributed by atoms with E-state index in [9.17, 15) is 0 Å². The maximum absolute atomic E-state index is 3.53. The van der Waals surface area contributed by atoms with Gasteiger partial charge in [-0.2, -0.15) is 0 Å². The zero-order valence-electron chi connectivity index (χ0n) is 12.9. The Bertz CT molecular complexity index is 315. The first-order valence-electron chi connectivity index (χ1n) is 7.81. The van der Waals surface area contributed by atoms with Crippen molar-refractivity contribution in [1.29, 1.82) is 0 Å². The summed E-state index contributed by atoms with van der Waals surface area (Å²) in [7, 11) is 0. The predicted molar refractivity (Wildman–Crippen MR) is 84.5 cm³/mol. The summed E-state index contributed by atoms with van der Waals surface area (Å²) in [4.78, 5) is 2.49. The summed E-state index contributed by atoms with van der Waals surface area (Å²) in [6.07, 6.45) is 3.69. The van der Waals surface area contributed by atoms with Crippen molar-refractivity contribution >= 4 is 0 Å². The van der Waals surface area contributed by atoms with Crippen LogP contribution < -0.4 is 5.32 Å². The molecule has 19 heavy (non-hydrogen) atoms. The molecule has 108 valence electrons. The Balaban J connectivity index is 2.07. The monoisotopic (exact) mass is 262 g/mol. The Hall–Kier alpha value is -0.860. The van der Waals surface area contributed by atoms with E-state index in [0.717, 1.165) is 19.5 Å². The lowest BCUT2D eigenvalue weighted by Crippen LogP contribution is -2.25. The maximum atomic E-state index is 3.53. The summed E-state index contributed by atoms with van der Waals surface area (Å²) in [6, 6.07) is 8.94. The quantitative estimate of drug-likeness (QED) is 0.650. The summed E-state index contributed by atoms with van der Waals surface area (Å²) in [6.45, 7) is 12.4. The number of hydrogen-bond acceptors (Lipinski definition) is 2. The number of nitrogens with zero attached hydrogens (tertiary/aromatic N) is 1. The van der Waals surface area contributed by atoms with E-state index in [1.807, 2.05) is 0 Å². The lowest BCUT2D eigenvalue weighted by atomic mass is 10.1. The highest BCUT2D eigenvalue weighted by molar-refractivity contribution is 5.22. The average molecular weight is 262 g/mol. The van der Waals surface area contributed by atoms with E-state index < -0.39 is 0 Å². The van der Waals surface area contributed by atoms with Crippen LogP contribution in [0.25, 0.3) is 0 Å². The topological polar surface area (TPSA) is 15.3 Å². The zero-order valence-corrected chi connectivity index (χ0v) is 12.9. The molecule has 0 fully saturated rings. The molecule has 0 saturated carbocycles. The van der Waals surface area contributed by atoms with Gasteiger partial charge in [0, 0.05) is 6.54 Å². The molecule has 0 bridgehead atoms. The molecule has 1 aromatic rings. The molecule has 0 unspecified atom stereocenters. The maximum Gasteiger partial charge on any atom is 0.0205 e. The van der Waals surface area contributed by atoms with E-state index in [1.165, 1.54) is 43.6 Å². The van der Waals surface area contributed by atoms with Crippen molar-refractivity contribution in [3.05, 3.63) is 35.4 Å². The van der Waals surface area contributed by atoms with Gasteiger partial charge in [0.2, 0.25) is 0 Å². The van der Waals surface area contributed by atoms with Gasteiger partial charge < -0.3 is 10.2 Å². The number of rotatable bonds is 10. The van der Waals surface area contributed by atoms with E-state index in [4.69, 9.17) is 0 Å². The molecular formula is C17H30N2. The second-order valence-corrected chi connectivity index (χ2v) is 5.08. The van der Waals surface area contributed by atoms with Crippen molar-refractivity contribution in [2.24, 2.45) is 0 Å². The second-order valence-electron chi connectivity index (χ2n) is 5.08. The molecule has 2 nitrogen and oxygen atoms in total. The van der Waals surface area contributed by atoms with Gasteiger partial charge in [-0.25, -0.2) is 0 Å². The van der Waals surface area contributed by atoms with Gasteiger partial charge in [0.25, 0.3) is 0 Å². The Morgan fingerprint density at radius 1 is 0.895 bits per heavy atom. The third kappa shape index (κ3) is 6.74. The van der Waals surface area contributed by atoms with Crippen molar-refractivity contribution < 1.29 is 0 Å². The molecular weight excluding hydrogens is 232 g/mol. The first-order chi connectivity index (χ1) is 9.30. The molecule has 0 spiro atoms. The van der Waals surface area contributed by atoms with Crippen molar-refractivity contribution in [3.8, 4) is 0 Å². The van der Waals surface area contributed by atoms with E-state index in [2.05, 4.69) is 55.3 Å². The van der Waals surface area contributed by atoms with Gasteiger partial charge in [0.05, 0.1) is 0 Å². The highest BCUT2D eigenvalue weighted by Crippen LogP contribution is 2.04. The standard InChI is InChI=1S/C17H30N2/c1-4-16-9-11-17(12-10-16)15-18-13-7-8-14-19(5-2)6-3/h9-12,18H,4-8,13-15H2,1-3H3. The summed E-state index contributed by atoms with van der Waals surface area (Å²) in [5.41, 5.74) is 2.81. The third-order valence-electron chi connectivity index (χ3n) is 3.73. The number of nitrogens with one attached hydrogen (secondary N) is 1. The Morgan fingerprint density at radius 2 is 1.53 bits per heavy atom. The molecule has 0 aliphatic heterocycles. The van der Waals surface area contributed by atoms with Crippen LogP contribution in [0.15, 0.2) is 24.3 Å². The minimum Gasteiger partial charge on any atom is -0.313 e. The Kier molecular flexibility index (Phi) is 8.52. The first kappa shape index (κ1) is 16.2. The Morgan fingerprint density at radius 3 is 2.11 bits per heavy atom. The van der Waals surface area contributed by atoms with Crippen LogP contribution in [-0.4, -0.2) is 31.1 Å². The van der Waals surface area contributed by atoms with Gasteiger partial charge in [0.15, 0.2) is 0 Å². The van der Waals surface area contributed by atoms with Crippen LogP contribution in [0.2, 0.25) is 0 Å². The summed E-state index contributed by atoms with van der Waals surface area (Å²) in [5.74, 6) is 0. The SMILES string of the molecule is CCc1ccc(CNCCCCN(CC)CC)cc1. The summed E-state index contributed by atoms with van der Waals surface area (Å²) < 4.78 is 0. The van der Waals surface area contributed by atoms with E-state index in [0.29, 0.717) is 0 Å². The Labute approximate surface area is 119 Å². The molecule has 2 heteroatoms. The van der Waals surface area contributed by atoms with Crippen LogP contribution in [0.5, 0.6) is 0 Å². The van der Waals surface area contributed by atoms with E-state index >= 15 is 0 Å². The number of aryl methyl sites for hydroxylation is 1. The van der Waals surface area contributed by atoms with Crippen LogP contribution in [0.1, 0.15) is 44.7 Å². The van der Waals surface area contributed by atoms with Gasteiger partial charge in [-0.15, -0.1) is 0 Å². The normalized spacial score (nSPS) is 11.2. The smallest absolute Gasteiger partial charge is 0.0205 e. The number of benzene rings is 1. The molecule has 0 aromatic heterocycles. The summed E-state index contributed by atoms with van der Waals surface area (Å²) >= 11 is 0. The van der Waals surface area contributed by atoms with E-state index in [-0.39, 0.29) is 0 Å². The van der Waals surface area contributed by atoms with Gasteiger partial charge in [-0.3, -0.25) is 0 Å². The summed E-state index contributed by atoms with van der Waals surface area (Å²) in [5, 5.41) is 3.53. The van der Waals surface area contributed by atoms with Gasteiger partial charge in [0.1, 0.15) is 0 Å². The fourth-order valence-electron chi connectivity index (χ4n) is 2.25. The van der Waals surface area contributed by atoms with Crippen molar-refractivity contribution in [2.45, 2.75) is 46.6 Å². The third-order valence-corrected chi connectivity index (χ3v) is 3.73.